The Morgan fingerprint density at radius 3 is 2.54 bits per heavy atom. The van der Waals surface area contributed by atoms with Crippen LogP contribution in [-0.2, 0) is 0 Å². The summed E-state index contributed by atoms with van der Waals surface area (Å²) < 4.78 is 0. The molecule has 2 aromatic rings. The van der Waals surface area contributed by atoms with Gasteiger partial charge >= 0.3 is 0 Å². The van der Waals surface area contributed by atoms with Crippen molar-refractivity contribution in [1.82, 2.24) is 15.4 Å². The predicted octanol–water partition coefficient (Wildman–Crippen LogP) is 0.757. The van der Waals surface area contributed by atoms with Crippen molar-refractivity contribution in [2.24, 2.45) is 5.84 Å². The Labute approximate surface area is 74.9 Å². The van der Waals surface area contributed by atoms with E-state index in [1.54, 1.807) is 6.20 Å². The number of aromatic nitrogens is 3. The second-order valence-electron chi connectivity index (χ2n) is 2.58. The molecule has 0 amide bonds. The van der Waals surface area contributed by atoms with Gasteiger partial charge in [0.1, 0.15) is 5.69 Å². The number of anilines is 1. The molecular weight excluding hydrogens is 166 g/mol. The van der Waals surface area contributed by atoms with Gasteiger partial charge in [-0.25, -0.2) is 0 Å². The minimum Gasteiger partial charge on any atom is -0.324 e. The fourth-order valence-electron chi connectivity index (χ4n) is 1.08. The Kier molecular flexibility index (Phi) is 1.93. The van der Waals surface area contributed by atoms with Crippen LogP contribution in [0.15, 0.2) is 30.5 Å². The van der Waals surface area contributed by atoms with Crippen LogP contribution in [0.5, 0.6) is 0 Å². The SMILES string of the molecule is NNc1ccc(-c2c[nH]nn2)cc1. The van der Waals surface area contributed by atoms with Crippen LogP contribution in [0.25, 0.3) is 11.3 Å². The number of rotatable bonds is 2. The number of H-pyrrole nitrogens is 1. The molecule has 0 aliphatic heterocycles. The maximum atomic E-state index is 5.23. The van der Waals surface area contributed by atoms with Gasteiger partial charge in [0, 0.05) is 17.4 Å². The summed E-state index contributed by atoms with van der Waals surface area (Å²) in [4.78, 5) is 0. The van der Waals surface area contributed by atoms with Crippen LogP contribution >= 0.6 is 0 Å². The van der Waals surface area contributed by atoms with E-state index in [9.17, 15) is 0 Å². The van der Waals surface area contributed by atoms with E-state index >= 15 is 0 Å². The molecule has 0 radical (unpaired) electrons. The smallest absolute Gasteiger partial charge is 0.112 e. The summed E-state index contributed by atoms with van der Waals surface area (Å²) in [6, 6.07) is 7.61. The average Bonchev–Trinajstić information content (AvgIpc) is 2.71. The number of nitrogens with two attached hydrogens (primary N) is 1. The fourth-order valence-corrected chi connectivity index (χ4v) is 1.08. The molecule has 1 heterocycles. The molecule has 0 fully saturated rings. The molecule has 0 saturated carbocycles. The number of hydrazine groups is 1. The Hall–Kier alpha value is -1.88. The van der Waals surface area contributed by atoms with Gasteiger partial charge in [0.15, 0.2) is 0 Å². The highest BCUT2D eigenvalue weighted by Gasteiger charge is 1.98. The molecule has 0 aliphatic rings. The van der Waals surface area contributed by atoms with Crippen molar-refractivity contribution in [3.05, 3.63) is 30.5 Å². The standard InChI is InChI=1S/C8H9N5/c9-11-7-3-1-6(2-4-7)8-5-10-13-12-8/h1-5,11H,9H2,(H,10,12,13). The first-order valence-electron chi connectivity index (χ1n) is 3.83. The quantitative estimate of drug-likeness (QED) is 0.465. The molecule has 0 aliphatic carbocycles. The van der Waals surface area contributed by atoms with Crippen LogP contribution in [0.2, 0.25) is 0 Å². The number of aromatic amines is 1. The lowest BCUT2D eigenvalue weighted by Gasteiger charge is -1.99. The van der Waals surface area contributed by atoms with Gasteiger partial charge in [-0.2, -0.15) is 0 Å². The molecule has 4 N–H and O–H groups in total. The molecule has 5 heteroatoms. The Morgan fingerprint density at radius 1 is 1.23 bits per heavy atom. The van der Waals surface area contributed by atoms with E-state index in [1.807, 2.05) is 24.3 Å². The van der Waals surface area contributed by atoms with E-state index in [1.165, 1.54) is 0 Å². The summed E-state index contributed by atoms with van der Waals surface area (Å²) in [6.45, 7) is 0. The molecular formula is C8H9N5. The highest BCUT2D eigenvalue weighted by Crippen LogP contribution is 2.17. The first-order chi connectivity index (χ1) is 6.40. The first-order valence-corrected chi connectivity index (χ1v) is 3.83. The zero-order valence-electron chi connectivity index (χ0n) is 6.86. The zero-order valence-corrected chi connectivity index (χ0v) is 6.86. The van der Waals surface area contributed by atoms with Crippen LogP contribution in [0.4, 0.5) is 5.69 Å². The average molecular weight is 175 g/mol. The van der Waals surface area contributed by atoms with Gasteiger partial charge in [0.05, 0.1) is 0 Å². The predicted molar refractivity (Wildman–Crippen MR) is 49.6 cm³/mol. The van der Waals surface area contributed by atoms with E-state index < -0.39 is 0 Å². The molecule has 0 atom stereocenters. The highest BCUT2D eigenvalue weighted by molar-refractivity contribution is 5.61. The van der Waals surface area contributed by atoms with Gasteiger partial charge in [0.2, 0.25) is 0 Å². The molecule has 66 valence electrons. The fraction of sp³-hybridized carbons (Fsp3) is 0. The summed E-state index contributed by atoms with van der Waals surface area (Å²) in [5, 5.41) is 10.2. The van der Waals surface area contributed by atoms with Crippen molar-refractivity contribution < 1.29 is 0 Å². The van der Waals surface area contributed by atoms with Gasteiger partial charge in [0.25, 0.3) is 0 Å². The van der Waals surface area contributed by atoms with Gasteiger partial charge < -0.3 is 5.43 Å². The van der Waals surface area contributed by atoms with Gasteiger partial charge in [-0.15, -0.1) is 5.10 Å². The van der Waals surface area contributed by atoms with Crippen LogP contribution in [0.1, 0.15) is 0 Å². The van der Waals surface area contributed by atoms with E-state index in [-0.39, 0.29) is 0 Å². The Balaban J connectivity index is 2.33. The van der Waals surface area contributed by atoms with Crippen molar-refractivity contribution >= 4 is 5.69 Å². The zero-order chi connectivity index (χ0) is 9.10. The monoisotopic (exact) mass is 175 g/mol. The first kappa shape index (κ1) is 7.75. The molecule has 0 unspecified atom stereocenters. The van der Waals surface area contributed by atoms with Crippen molar-refractivity contribution in [3.63, 3.8) is 0 Å². The molecule has 2 rings (SSSR count). The van der Waals surface area contributed by atoms with E-state index in [0.717, 1.165) is 16.9 Å². The van der Waals surface area contributed by atoms with Crippen molar-refractivity contribution in [2.45, 2.75) is 0 Å². The molecule has 0 saturated heterocycles. The summed E-state index contributed by atoms with van der Waals surface area (Å²) in [6.07, 6.45) is 1.74. The number of nitrogens with one attached hydrogen (secondary N) is 2. The third kappa shape index (κ3) is 1.50. The largest absolute Gasteiger partial charge is 0.324 e. The Morgan fingerprint density at radius 2 is 2.00 bits per heavy atom. The minimum atomic E-state index is 0.823. The van der Waals surface area contributed by atoms with Crippen LogP contribution in [-0.4, -0.2) is 15.4 Å². The van der Waals surface area contributed by atoms with Crippen molar-refractivity contribution in [1.29, 1.82) is 0 Å². The molecule has 0 spiro atoms. The van der Waals surface area contributed by atoms with Crippen LogP contribution in [0.3, 0.4) is 0 Å². The normalized spacial score (nSPS) is 9.92. The molecule has 5 nitrogen and oxygen atoms in total. The molecule has 0 bridgehead atoms. The number of nitrogen functional groups attached to an aromatic ring is 1. The highest BCUT2D eigenvalue weighted by atomic mass is 15.3. The lowest BCUT2D eigenvalue weighted by molar-refractivity contribution is 0.942. The number of hydrogen-bond acceptors (Lipinski definition) is 4. The minimum absolute atomic E-state index is 0.823. The second-order valence-corrected chi connectivity index (χ2v) is 2.58. The number of hydrogen-bond donors (Lipinski definition) is 3. The summed E-state index contributed by atoms with van der Waals surface area (Å²) in [5.74, 6) is 5.23. The lowest BCUT2D eigenvalue weighted by Crippen LogP contribution is -2.05. The maximum absolute atomic E-state index is 5.23. The topological polar surface area (TPSA) is 79.6 Å². The van der Waals surface area contributed by atoms with Crippen molar-refractivity contribution in [3.8, 4) is 11.3 Å². The second kappa shape index (κ2) is 3.24. The number of nitrogens with zero attached hydrogens (tertiary/aromatic N) is 2. The summed E-state index contributed by atoms with van der Waals surface area (Å²) >= 11 is 0. The lowest BCUT2D eigenvalue weighted by atomic mass is 10.1. The summed E-state index contributed by atoms with van der Waals surface area (Å²) in [5.41, 5.74) is 5.25. The number of benzene rings is 1. The van der Waals surface area contributed by atoms with Gasteiger partial charge in [-0.1, -0.05) is 17.3 Å². The molecule has 1 aromatic carbocycles. The molecule has 13 heavy (non-hydrogen) atoms. The Bertz CT molecular complexity index is 364. The van der Waals surface area contributed by atoms with Crippen LogP contribution in [0, 0.1) is 0 Å². The van der Waals surface area contributed by atoms with Crippen molar-refractivity contribution in [2.75, 3.05) is 5.43 Å². The third-order valence-electron chi connectivity index (χ3n) is 1.76. The van der Waals surface area contributed by atoms with E-state index in [2.05, 4.69) is 20.8 Å². The van der Waals surface area contributed by atoms with Gasteiger partial charge in [-0.05, 0) is 12.1 Å². The van der Waals surface area contributed by atoms with E-state index in [0.29, 0.717) is 0 Å². The molecule has 1 aromatic heterocycles. The van der Waals surface area contributed by atoms with Gasteiger partial charge in [-0.3, -0.25) is 10.9 Å². The van der Waals surface area contributed by atoms with Crippen LogP contribution < -0.4 is 11.3 Å². The third-order valence-corrected chi connectivity index (χ3v) is 1.76. The van der Waals surface area contributed by atoms with E-state index in [4.69, 9.17) is 5.84 Å². The summed E-state index contributed by atoms with van der Waals surface area (Å²) in [7, 11) is 0. The maximum Gasteiger partial charge on any atom is 0.112 e.